The SMILES string of the molecule is CCCCc1nc2ccc(N)cc2n1Cc1ccc(-c2ccccc2C(=O)O)cc1.O=C(O)C(F)(F)F.O=C(O)C(F)(F)F. The van der Waals surface area contributed by atoms with Crippen molar-refractivity contribution in [3.05, 3.63) is 83.7 Å². The number of halogens is 6. The van der Waals surface area contributed by atoms with Gasteiger partial charge in [0.05, 0.1) is 16.6 Å². The van der Waals surface area contributed by atoms with Gasteiger partial charge in [0.25, 0.3) is 0 Å². The van der Waals surface area contributed by atoms with Crippen molar-refractivity contribution in [3.8, 4) is 11.1 Å². The molecule has 0 aliphatic rings. The first-order valence-corrected chi connectivity index (χ1v) is 12.7. The van der Waals surface area contributed by atoms with Crippen LogP contribution in [0.4, 0.5) is 32.0 Å². The molecule has 44 heavy (non-hydrogen) atoms. The van der Waals surface area contributed by atoms with Gasteiger partial charge in [-0.1, -0.05) is 55.8 Å². The van der Waals surface area contributed by atoms with Crippen LogP contribution in [0.5, 0.6) is 0 Å². The monoisotopic (exact) mass is 627 g/mol. The number of aromatic nitrogens is 2. The Morgan fingerprint density at radius 2 is 1.39 bits per heavy atom. The molecular weight excluding hydrogens is 600 g/mol. The van der Waals surface area contributed by atoms with Crippen molar-refractivity contribution in [1.82, 2.24) is 9.55 Å². The van der Waals surface area contributed by atoms with E-state index in [4.69, 9.17) is 30.5 Å². The third kappa shape index (κ3) is 10.0. The summed E-state index contributed by atoms with van der Waals surface area (Å²) in [5.41, 5.74) is 11.8. The van der Waals surface area contributed by atoms with Crippen LogP contribution >= 0.6 is 0 Å². The topological polar surface area (TPSA) is 156 Å². The van der Waals surface area contributed by atoms with Gasteiger partial charge in [-0.05, 0) is 47.4 Å². The predicted molar refractivity (Wildman–Crippen MR) is 148 cm³/mol. The van der Waals surface area contributed by atoms with Gasteiger partial charge in [0.2, 0.25) is 0 Å². The number of aromatic carboxylic acids is 1. The molecule has 15 heteroatoms. The van der Waals surface area contributed by atoms with E-state index in [2.05, 4.69) is 23.6 Å². The van der Waals surface area contributed by atoms with Crippen LogP contribution in [0.1, 0.15) is 41.5 Å². The smallest absolute Gasteiger partial charge is 0.478 e. The fraction of sp³-hybridized carbons (Fsp3) is 0.241. The van der Waals surface area contributed by atoms with Crippen LogP contribution in [0.15, 0.2) is 66.7 Å². The van der Waals surface area contributed by atoms with E-state index in [1.54, 1.807) is 12.1 Å². The van der Waals surface area contributed by atoms with Crippen LogP contribution in [0.3, 0.4) is 0 Å². The molecule has 3 aromatic carbocycles. The largest absolute Gasteiger partial charge is 0.490 e. The average molecular weight is 628 g/mol. The third-order valence-corrected chi connectivity index (χ3v) is 5.85. The Morgan fingerprint density at radius 1 is 0.841 bits per heavy atom. The highest BCUT2D eigenvalue weighted by Gasteiger charge is 2.38. The van der Waals surface area contributed by atoms with E-state index in [-0.39, 0.29) is 0 Å². The van der Waals surface area contributed by atoms with Crippen LogP contribution in [-0.2, 0) is 22.6 Å². The van der Waals surface area contributed by atoms with E-state index in [1.807, 2.05) is 42.5 Å². The number of unbranched alkanes of at least 4 members (excludes halogenated alkanes) is 1. The van der Waals surface area contributed by atoms with Crippen molar-refractivity contribution < 1.29 is 56.0 Å². The number of aryl methyl sites for hydroxylation is 1. The van der Waals surface area contributed by atoms with Crippen LogP contribution in [-0.4, -0.2) is 55.1 Å². The molecule has 236 valence electrons. The van der Waals surface area contributed by atoms with Gasteiger partial charge in [0.15, 0.2) is 0 Å². The quantitative estimate of drug-likeness (QED) is 0.131. The second kappa shape index (κ2) is 14.9. The van der Waals surface area contributed by atoms with Crippen LogP contribution in [0.25, 0.3) is 22.2 Å². The van der Waals surface area contributed by atoms with Gasteiger partial charge in [0.1, 0.15) is 5.82 Å². The number of carboxylic acids is 3. The molecule has 0 amide bonds. The summed E-state index contributed by atoms with van der Waals surface area (Å²) >= 11 is 0. The summed E-state index contributed by atoms with van der Waals surface area (Å²) < 4.78 is 65.7. The normalized spacial score (nSPS) is 11.2. The van der Waals surface area contributed by atoms with Gasteiger partial charge >= 0.3 is 30.3 Å². The van der Waals surface area contributed by atoms with E-state index in [0.717, 1.165) is 58.5 Å². The number of carboxylic acid groups (broad SMARTS) is 3. The van der Waals surface area contributed by atoms with Gasteiger partial charge < -0.3 is 25.6 Å². The van der Waals surface area contributed by atoms with Crippen LogP contribution in [0.2, 0.25) is 0 Å². The molecule has 0 bridgehead atoms. The fourth-order valence-corrected chi connectivity index (χ4v) is 3.79. The lowest BCUT2D eigenvalue weighted by Gasteiger charge is -2.11. The van der Waals surface area contributed by atoms with E-state index in [9.17, 15) is 36.2 Å². The maximum atomic E-state index is 11.5. The fourth-order valence-electron chi connectivity index (χ4n) is 3.79. The minimum atomic E-state index is -5.08. The number of alkyl halides is 6. The first-order chi connectivity index (χ1) is 20.4. The number of nitrogens with two attached hydrogens (primary N) is 1. The van der Waals surface area contributed by atoms with Gasteiger partial charge in [0, 0.05) is 18.7 Å². The third-order valence-electron chi connectivity index (χ3n) is 5.85. The van der Waals surface area contributed by atoms with E-state index in [0.29, 0.717) is 12.1 Å². The maximum absolute atomic E-state index is 11.5. The summed E-state index contributed by atoms with van der Waals surface area (Å²) in [5.74, 6) is -5.37. The molecule has 0 saturated carbocycles. The number of nitrogens with zero attached hydrogens (tertiary/aromatic N) is 2. The Labute approximate surface area is 246 Å². The molecule has 5 N–H and O–H groups in total. The van der Waals surface area contributed by atoms with E-state index in [1.165, 1.54) is 0 Å². The van der Waals surface area contributed by atoms with Gasteiger partial charge in [-0.15, -0.1) is 0 Å². The zero-order valence-electron chi connectivity index (χ0n) is 23.0. The van der Waals surface area contributed by atoms with Crippen molar-refractivity contribution in [2.75, 3.05) is 5.73 Å². The lowest BCUT2D eigenvalue weighted by molar-refractivity contribution is -0.193. The Hall–Kier alpha value is -5.08. The standard InChI is InChI=1S/C25H25N3O2.2C2HF3O2/c1-2-3-8-24-27-22-14-13-19(26)15-23(22)28(24)16-17-9-11-18(12-10-17)20-6-4-5-7-21(20)25(29)30;2*3-2(4,5)1(6)7/h4-7,9-15H,2-3,8,16,26H2,1H3,(H,29,30);2*(H,6,7). The summed E-state index contributed by atoms with van der Waals surface area (Å²) in [5, 5.41) is 23.7. The van der Waals surface area contributed by atoms with Crippen molar-refractivity contribution >= 4 is 34.6 Å². The number of rotatable bonds is 7. The number of anilines is 1. The highest BCUT2D eigenvalue weighted by atomic mass is 19.4. The van der Waals surface area contributed by atoms with Gasteiger partial charge in [-0.25, -0.2) is 19.4 Å². The molecule has 0 saturated heterocycles. The van der Waals surface area contributed by atoms with Crippen molar-refractivity contribution in [2.45, 2.75) is 45.1 Å². The zero-order valence-corrected chi connectivity index (χ0v) is 23.0. The molecule has 0 aliphatic carbocycles. The average Bonchev–Trinajstić information content (AvgIpc) is 3.28. The minimum absolute atomic E-state index is 0.309. The molecule has 0 aliphatic heterocycles. The molecule has 9 nitrogen and oxygen atoms in total. The predicted octanol–water partition coefficient (Wildman–Crippen LogP) is 6.64. The minimum Gasteiger partial charge on any atom is -0.478 e. The molecule has 0 spiro atoms. The highest BCUT2D eigenvalue weighted by molar-refractivity contribution is 5.96. The molecule has 0 atom stereocenters. The number of benzene rings is 3. The number of imidazole rings is 1. The highest BCUT2D eigenvalue weighted by Crippen LogP contribution is 2.26. The number of aliphatic carboxylic acids is 2. The Morgan fingerprint density at radius 3 is 1.89 bits per heavy atom. The Balaban J connectivity index is 0.000000402. The summed E-state index contributed by atoms with van der Waals surface area (Å²) in [6.45, 7) is 2.87. The number of carbonyl (C=O) groups is 3. The first-order valence-electron chi connectivity index (χ1n) is 12.7. The second-order valence-electron chi connectivity index (χ2n) is 9.12. The molecule has 1 heterocycles. The number of nitrogen functional groups attached to an aromatic ring is 1. The Kier molecular flexibility index (Phi) is 11.9. The molecule has 4 rings (SSSR count). The van der Waals surface area contributed by atoms with Crippen molar-refractivity contribution in [1.29, 1.82) is 0 Å². The van der Waals surface area contributed by atoms with Crippen LogP contribution in [0, 0.1) is 0 Å². The molecular formula is C29H27F6N3O6. The number of hydrogen-bond acceptors (Lipinski definition) is 5. The van der Waals surface area contributed by atoms with E-state index >= 15 is 0 Å². The lowest BCUT2D eigenvalue weighted by Crippen LogP contribution is -2.21. The second-order valence-corrected chi connectivity index (χ2v) is 9.12. The summed E-state index contributed by atoms with van der Waals surface area (Å²) in [7, 11) is 0. The first kappa shape index (κ1) is 35.1. The molecule has 1 aromatic heterocycles. The molecule has 0 radical (unpaired) electrons. The lowest BCUT2D eigenvalue weighted by atomic mass is 9.99. The van der Waals surface area contributed by atoms with Gasteiger partial charge in [-0.2, -0.15) is 26.3 Å². The van der Waals surface area contributed by atoms with Gasteiger partial charge in [-0.3, -0.25) is 0 Å². The zero-order chi connectivity index (χ0) is 33.2. The summed E-state index contributed by atoms with van der Waals surface area (Å²) in [6, 6.07) is 21.0. The maximum Gasteiger partial charge on any atom is 0.490 e. The Bertz CT molecular complexity index is 1570. The molecule has 0 unspecified atom stereocenters. The van der Waals surface area contributed by atoms with Crippen molar-refractivity contribution in [3.63, 3.8) is 0 Å². The summed E-state index contributed by atoms with van der Waals surface area (Å²) in [4.78, 5) is 34.1. The van der Waals surface area contributed by atoms with Crippen LogP contribution < -0.4 is 5.73 Å². The van der Waals surface area contributed by atoms with E-state index < -0.39 is 30.3 Å². The summed E-state index contributed by atoms with van der Waals surface area (Å²) in [6.07, 6.45) is -7.04. The van der Waals surface area contributed by atoms with Crippen molar-refractivity contribution in [2.24, 2.45) is 0 Å². The molecule has 4 aromatic rings. The molecule has 0 fully saturated rings. The number of hydrogen-bond donors (Lipinski definition) is 4. The number of fused-ring (bicyclic) bond motifs is 1.